The van der Waals surface area contributed by atoms with Crippen molar-refractivity contribution in [1.82, 2.24) is 4.90 Å². The normalized spacial score (nSPS) is 23.6. The van der Waals surface area contributed by atoms with Crippen LogP contribution in [0.3, 0.4) is 0 Å². The minimum Gasteiger partial charge on any atom is -0.508 e. The van der Waals surface area contributed by atoms with Crippen LogP contribution in [0.15, 0.2) is 48.2 Å². The summed E-state index contributed by atoms with van der Waals surface area (Å²) in [5, 5.41) is 11.1. The van der Waals surface area contributed by atoms with Crippen LogP contribution in [-0.2, 0) is 6.42 Å². The Morgan fingerprint density at radius 2 is 2.06 bits per heavy atom. The van der Waals surface area contributed by atoms with Gasteiger partial charge in [0.1, 0.15) is 5.75 Å². The Hall–Kier alpha value is -1.87. The molecule has 0 amide bonds. The number of benzene rings is 1. The van der Waals surface area contributed by atoms with Crippen molar-refractivity contribution < 1.29 is 5.11 Å². The molecule has 1 aromatic carbocycles. The summed E-state index contributed by atoms with van der Waals surface area (Å²) in [6, 6.07) is 2.45. The third kappa shape index (κ3) is 4.19. The van der Waals surface area contributed by atoms with Gasteiger partial charge in [-0.2, -0.15) is 11.8 Å². The molecular weight excluding hydrogens is 434 g/mol. The van der Waals surface area contributed by atoms with Gasteiger partial charge in [-0.25, -0.2) is 0 Å². The molecule has 34 heavy (non-hydrogen) atoms. The van der Waals surface area contributed by atoms with Crippen LogP contribution < -0.4 is 0 Å². The summed E-state index contributed by atoms with van der Waals surface area (Å²) in [4.78, 5) is 2.53. The summed E-state index contributed by atoms with van der Waals surface area (Å²) in [5.74, 6) is 2.70. The molecular formula is C31H43NOS. The monoisotopic (exact) mass is 477 g/mol. The van der Waals surface area contributed by atoms with Crippen LogP contribution in [0, 0.1) is 18.3 Å². The molecule has 1 aromatic rings. The fraction of sp³-hybridized carbons (Fsp3) is 0.548. The summed E-state index contributed by atoms with van der Waals surface area (Å²) in [7, 11) is 0. The number of nitrogens with zero attached hydrogens (tertiary/aromatic N) is 1. The second-order valence-corrected chi connectivity index (χ2v) is 12.2. The van der Waals surface area contributed by atoms with Gasteiger partial charge < -0.3 is 10.0 Å². The second-order valence-electron chi connectivity index (χ2n) is 11.3. The summed E-state index contributed by atoms with van der Waals surface area (Å²) >= 11 is 1.94. The minimum absolute atomic E-state index is 0.209. The zero-order chi connectivity index (χ0) is 24.8. The minimum atomic E-state index is 0.209. The van der Waals surface area contributed by atoms with Crippen molar-refractivity contribution in [2.75, 3.05) is 12.0 Å². The predicted molar refractivity (Wildman–Crippen MR) is 149 cm³/mol. The van der Waals surface area contributed by atoms with Crippen molar-refractivity contribution in [2.24, 2.45) is 11.3 Å². The third-order valence-corrected chi connectivity index (χ3v) is 9.37. The van der Waals surface area contributed by atoms with Gasteiger partial charge in [0.05, 0.1) is 0 Å². The number of phenolic OH excluding ortho intramolecular Hbond substituents is 1. The molecule has 1 aliphatic carbocycles. The van der Waals surface area contributed by atoms with Gasteiger partial charge in [0.25, 0.3) is 0 Å². The van der Waals surface area contributed by atoms with Gasteiger partial charge in [0.2, 0.25) is 0 Å². The number of phenols is 1. The van der Waals surface area contributed by atoms with Crippen LogP contribution in [0.1, 0.15) is 88.0 Å². The topological polar surface area (TPSA) is 23.5 Å². The van der Waals surface area contributed by atoms with Gasteiger partial charge in [-0.3, -0.25) is 0 Å². The maximum absolute atomic E-state index is 11.1. The highest BCUT2D eigenvalue weighted by molar-refractivity contribution is 7.98. The van der Waals surface area contributed by atoms with Crippen LogP contribution in [0.5, 0.6) is 5.75 Å². The van der Waals surface area contributed by atoms with Gasteiger partial charge in [0.15, 0.2) is 0 Å². The molecule has 3 heteroatoms. The largest absolute Gasteiger partial charge is 0.508 e. The summed E-state index contributed by atoms with van der Waals surface area (Å²) in [6.07, 6.45) is 13.5. The first-order valence-corrected chi connectivity index (χ1v) is 14.5. The smallest absolute Gasteiger partial charge is 0.119 e. The molecule has 4 rings (SSSR count). The molecule has 184 valence electrons. The zero-order valence-corrected chi connectivity index (χ0v) is 22.9. The Morgan fingerprint density at radius 1 is 1.32 bits per heavy atom. The lowest BCUT2D eigenvalue weighted by Gasteiger charge is -2.48. The van der Waals surface area contributed by atoms with Crippen LogP contribution in [0.2, 0.25) is 0 Å². The number of thioether (sulfide) groups is 1. The lowest BCUT2D eigenvalue weighted by atomic mass is 9.72. The van der Waals surface area contributed by atoms with E-state index < -0.39 is 0 Å². The SMILES string of the molecule is C=C1C=C2c3cc(O)c(C)c(CC(CC)CSC)c3C3CCC(C)(C)C3N2C=C1C(=C)CCC. The summed E-state index contributed by atoms with van der Waals surface area (Å²) in [6.45, 7) is 20.3. The standard InChI is InChI=1S/C31H43NOS/c1-9-11-19(3)26-17-32-27(14-20(26)4)25-16-28(33)21(5)24(15-22(10-2)18-34-8)29(25)23-12-13-31(6,7)30(23)32/h14,16-17,22-23,30,33H,3-4,9-13,15,18H2,1-2,5-8H3. The lowest BCUT2D eigenvalue weighted by molar-refractivity contribution is 0.194. The van der Waals surface area contributed by atoms with E-state index in [1.807, 2.05) is 17.8 Å². The van der Waals surface area contributed by atoms with E-state index in [9.17, 15) is 5.11 Å². The molecule has 2 heterocycles. The predicted octanol–water partition coefficient (Wildman–Crippen LogP) is 8.37. The third-order valence-electron chi connectivity index (χ3n) is 8.57. The highest BCUT2D eigenvalue weighted by Gasteiger charge is 2.51. The number of rotatable bonds is 8. The average molecular weight is 478 g/mol. The Labute approximate surface area is 211 Å². The maximum Gasteiger partial charge on any atom is 0.119 e. The Bertz CT molecular complexity index is 1060. The first-order chi connectivity index (χ1) is 16.1. The fourth-order valence-electron chi connectivity index (χ4n) is 6.65. The number of allylic oxidation sites excluding steroid dienone is 4. The van der Waals surface area contributed by atoms with Crippen LogP contribution in [0.25, 0.3) is 5.70 Å². The van der Waals surface area contributed by atoms with Crippen molar-refractivity contribution in [2.45, 2.75) is 85.1 Å². The van der Waals surface area contributed by atoms with E-state index in [0.717, 1.165) is 36.2 Å². The molecule has 2 aliphatic heterocycles. The highest BCUT2D eigenvalue weighted by atomic mass is 32.2. The number of aromatic hydroxyl groups is 1. The quantitative estimate of drug-likeness (QED) is 0.407. The molecule has 0 spiro atoms. The highest BCUT2D eigenvalue weighted by Crippen LogP contribution is 2.58. The van der Waals surface area contributed by atoms with E-state index in [1.54, 1.807) is 0 Å². The molecule has 1 fully saturated rings. The Kier molecular flexibility index (Phi) is 7.16. The summed E-state index contributed by atoms with van der Waals surface area (Å²) in [5.41, 5.74) is 10.0. The number of hydrogen-bond acceptors (Lipinski definition) is 3. The zero-order valence-electron chi connectivity index (χ0n) is 22.1. The fourth-order valence-corrected chi connectivity index (χ4v) is 7.47. The maximum atomic E-state index is 11.1. The molecule has 3 unspecified atom stereocenters. The van der Waals surface area contributed by atoms with Gasteiger partial charge in [-0.05, 0) is 102 Å². The number of hydrogen-bond donors (Lipinski definition) is 1. The van der Waals surface area contributed by atoms with Crippen molar-refractivity contribution in [1.29, 1.82) is 0 Å². The average Bonchev–Trinajstić information content (AvgIpc) is 3.11. The first-order valence-electron chi connectivity index (χ1n) is 13.1. The van der Waals surface area contributed by atoms with Gasteiger partial charge in [0, 0.05) is 29.4 Å². The molecule has 0 radical (unpaired) electrons. The molecule has 2 nitrogen and oxygen atoms in total. The van der Waals surface area contributed by atoms with E-state index in [4.69, 9.17) is 0 Å². The van der Waals surface area contributed by atoms with Crippen LogP contribution in [-0.4, -0.2) is 28.1 Å². The van der Waals surface area contributed by atoms with E-state index in [0.29, 0.717) is 23.6 Å². The number of fused-ring (bicyclic) bond motifs is 6. The van der Waals surface area contributed by atoms with Crippen molar-refractivity contribution in [3.63, 3.8) is 0 Å². The summed E-state index contributed by atoms with van der Waals surface area (Å²) < 4.78 is 0. The van der Waals surface area contributed by atoms with Gasteiger partial charge >= 0.3 is 0 Å². The van der Waals surface area contributed by atoms with Crippen molar-refractivity contribution in [3.8, 4) is 5.75 Å². The second kappa shape index (κ2) is 9.64. The Balaban J connectivity index is 1.92. The lowest BCUT2D eigenvalue weighted by Crippen LogP contribution is -2.45. The van der Waals surface area contributed by atoms with E-state index >= 15 is 0 Å². The molecule has 0 aromatic heterocycles. The molecule has 0 saturated heterocycles. The molecule has 3 atom stereocenters. The van der Waals surface area contributed by atoms with Gasteiger partial charge in [-0.1, -0.05) is 53.7 Å². The van der Waals surface area contributed by atoms with Crippen molar-refractivity contribution in [3.05, 3.63) is 70.5 Å². The van der Waals surface area contributed by atoms with Crippen LogP contribution in [0.4, 0.5) is 0 Å². The molecule has 0 bridgehead atoms. The van der Waals surface area contributed by atoms with Crippen molar-refractivity contribution >= 4 is 17.5 Å². The van der Waals surface area contributed by atoms with Gasteiger partial charge in [-0.15, -0.1) is 0 Å². The first kappa shape index (κ1) is 25.2. The molecule has 3 aliphatic rings. The van der Waals surface area contributed by atoms with E-state index in [1.165, 1.54) is 52.8 Å². The van der Waals surface area contributed by atoms with Crippen LogP contribution >= 0.6 is 11.8 Å². The molecule has 1 N–H and O–H groups in total. The molecule has 1 saturated carbocycles. The van der Waals surface area contributed by atoms with E-state index in [2.05, 4.69) is 71.2 Å². The van der Waals surface area contributed by atoms with E-state index in [-0.39, 0.29) is 5.41 Å². The Morgan fingerprint density at radius 3 is 2.71 bits per heavy atom.